The van der Waals surface area contributed by atoms with Crippen LogP contribution in [0, 0.1) is 0 Å². The molecule has 5 nitrogen and oxygen atoms in total. The van der Waals surface area contributed by atoms with Gasteiger partial charge in [0, 0.05) is 18.2 Å². The van der Waals surface area contributed by atoms with Crippen LogP contribution in [-0.2, 0) is 9.59 Å². The van der Waals surface area contributed by atoms with E-state index in [2.05, 4.69) is 5.32 Å². The molecule has 1 aromatic carbocycles. The lowest BCUT2D eigenvalue weighted by molar-refractivity contribution is -0.131. The highest BCUT2D eigenvalue weighted by atomic mass is 16.4. The van der Waals surface area contributed by atoms with Crippen LogP contribution in [0.15, 0.2) is 30.3 Å². The Morgan fingerprint density at radius 1 is 1.21 bits per heavy atom. The number of nitrogens with two attached hydrogens (primary N) is 1. The normalized spacial score (nSPS) is 10.6. The number of nitrogens with one attached hydrogen (secondary N) is 1. The maximum absolute atomic E-state index is 11.5. The van der Waals surface area contributed by atoms with Crippen LogP contribution >= 0.6 is 0 Å². The Labute approximate surface area is 112 Å². The minimum Gasteiger partial charge on any atom is -0.478 e. The van der Waals surface area contributed by atoms with Gasteiger partial charge in [0.1, 0.15) is 0 Å². The third-order valence-electron chi connectivity index (χ3n) is 2.47. The average molecular weight is 262 g/mol. The summed E-state index contributed by atoms with van der Waals surface area (Å²) < 4.78 is 0. The van der Waals surface area contributed by atoms with Crippen molar-refractivity contribution >= 4 is 23.6 Å². The molecule has 0 bridgehead atoms. The summed E-state index contributed by atoms with van der Waals surface area (Å²) in [6.45, 7) is 0.595. The number of carboxylic acid groups (broad SMARTS) is 1. The molecule has 1 aromatic rings. The van der Waals surface area contributed by atoms with E-state index in [0.29, 0.717) is 18.7 Å². The van der Waals surface area contributed by atoms with Gasteiger partial charge in [0.2, 0.25) is 5.91 Å². The Hall–Kier alpha value is -2.14. The number of benzene rings is 1. The largest absolute Gasteiger partial charge is 0.478 e. The molecule has 0 heterocycles. The van der Waals surface area contributed by atoms with Gasteiger partial charge < -0.3 is 16.2 Å². The molecule has 0 unspecified atom stereocenters. The van der Waals surface area contributed by atoms with Gasteiger partial charge in [0.15, 0.2) is 0 Å². The van der Waals surface area contributed by atoms with Crippen molar-refractivity contribution in [3.05, 3.63) is 35.9 Å². The second-order valence-electron chi connectivity index (χ2n) is 4.09. The van der Waals surface area contributed by atoms with Crippen LogP contribution in [-0.4, -0.2) is 23.5 Å². The molecule has 0 aliphatic rings. The van der Waals surface area contributed by atoms with E-state index in [4.69, 9.17) is 10.8 Å². The molecule has 0 aromatic heterocycles. The molecule has 0 saturated heterocycles. The van der Waals surface area contributed by atoms with E-state index in [1.54, 1.807) is 24.3 Å². The second kappa shape index (κ2) is 8.05. The summed E-state index contributed by atoms with van der Waals surface area (Å²) in [5.74, 6) is -1.03. The molecule has 0 aliphatic heterocycles. The third kappa shape index (κ3) is 6.38. The molecule has 0 aliphatic carbocycles. The van der Waals surface area contributed by atoms with E-state index in [1.165, 1.54) is 6.08 Å². The zero-order valence-corrected chi connectivity index (χ0v) is 10.6. The molecule has 0 atom stereocenters. The van der Waals surface area contributed by atoms with Gasteiger partial charge in [0.25, 0.3) is 0 Å². The summed E-state index contributed by atoms with van der Waals surface area (Å²) in [6.07, 6.45) is 4.64. The van der Waals surface area contributed by atoms with Crippen molar-refractivity contribution in [1.29, 1.82) is 0 Å². The predicted octanol–water partition coefficient (Wildman–Crippen LogP) is 1.85. The molecule has 1 rings (SSSR count). The number of unbranched alkanes of at least 4 members (excludes halogenated alkanes) is 1. The van der Waals surface area contributed by atoms with E-state index < -0.39 is 5.97 Å². The fourth-order valence-electron chi connectivity index (χ4n) is 1.50. The third-order valence-corrected chi connectivity index (χ3v) is 2.47. The molecule has 0 fully saturated rings. The first-order chi connectivity index (χ1) is 9.11. The molecule has 5 heteroatoms. The molecule has 4 N–H and O–H groups in total. The monoisotopic (exact) mass is 262 g/mol. The number of carbonyl (C=O) groups excluding carboxylic acids is 1. The Balaban J connectivity index is 2.47. The van der Waals surface area contributed by atoms with Gasteiger partial charge in [-0.1, -0.05) is 12.1 Å². The highest BCUT2D eigenvalue weighted by Crippen LogP contribution is 2.11. The van der Waals surface area contributed by atoms with E-state index in [0.717, 1.165) is 24.5 Å². The minimum atomic E-state index is -0.989. The van der Waals surface area contributed by atoms with E-state index in [-0.39, 0.29) is 5.91 Å². The van der Waals surface area contributed by atoms with Gasteiger partial charge in [-0.15, -0.1) is 0 Å². The summed E-state index contributed by atoms with van der Waals surface area (Å²) in [7, 11) is 0. The van der Waals surface area contributed by atoms with Gasteiger partial charge in [-0.05, 0) is 43.2 Å². The molecule has 19 heavy (non-hydrogen) atoms. The smallest absolute Gasteiger partial charge is 0.328 e. The molecule has 0 radical (unpaired) electrons. The molecule has 1 amide bonds. The first-order valence-electron chi connectivity index (χ1n) is 6.13. The summed E-state index contributed by atoms with van der Waals surface area (Å²) in [6, 6.07) is 6.97. The number of amides is 1. The lowest BCUT2D eigenvalue weighted by Gasteiger charge is -2.05. The SMILES string of the molecule is NCCCCC(=O)Nc1ccc(/C=C/C(=O)O)cc1. The first-order valence-corrected chi connectivity index (χ1v) is 6.13. The predicted molar refractivity (Wildman–Crippen MR) is 74.6 cm³/mol. The van der Waals surface area contributed by atoms with Crippen LogP contribution in [0.2, 0.25) is 0 Å². The van der Waals surface area contributed by atoms with Gasteiger partial charge in [0.05, 0.1) is 0 Å². The molecule has 0 spiro atoms. The van der Waals surface area contributed by atoms with E-state index in [9.17, 15) is 9.59 Å². The number of rotatable bonds is 7. The van der Waals surface area contributed by atoms with Crippen molar-refractivity contribution in [1.82, 2.24) is 0 Å². The quantitative estimate of drug-likeness (QED) is 0.516. The van der Waals surface area contributed by atoms with Gasteiger partial charge in [-0.3, -0.25) is 4.79 Å². The van der Waals surface area contributed by atoms with E-state index >= 15 is 0 Å². The Kier molecular flexibility index (Phi) is 6.32. The van der Waals surface area contributed by atoms with Crippen LogP contribution in [0.4, 0.5) is 5.69 Å². The van der Waals surface area contributed by atoms with Crippen molar-refractivity contribution in [3.8, 4) is 0 Å². The number of anilines is 1. The van der Waals surface area contributed by atoms with Gasteiger partial charge >= 0.3 is 5.97 Å². The minimum absolute atomic E-state index is 0.0396. The number of hydrogen-bond donors (Lipinski definition) is 3. The number of hydrogen-bond acceptors (Lipinski definition) is 3. The van der Waals surface area contributed by atoms with Crippen LogP contribution in [0.3, 0.4) is 0 Å². The first kappa shape index (κ1) is 14.9. The van der Waals surface area contributed by atoms with Crippen LogP contribution in [0.25, 0.3) is 6.08 Å². The van der Waals surface area contributed by atoms with Crippen molar-refractivity contribution in [2.24, 2.45) is 5.73 Å². The molecular formula is C14H18N2O3. The van der Waals surface area contributed by atoms with Crippen molar-refractivity contribution in [3.63, 3.8) is 0 Å². The lowest BCUT2D eigenvalue weighted by Crippen LogP contribution is -2.11. The van der Waals surface area contributed by atoms with Gasteiger partial charge in [-0.25, -0.2) is 4.79 Å². The second-order valence-corrected chi connectivity index (χ2v) is 4.09. The number of carboxylic acids is 1. The average Bonchev–Trinajstić information content (AvgIpc) is 2.38. The van der Waals surface area contributed by atoms with Gasteiger partial charge in [-0.2, -0.15) is 0 Å². The molecule has 0 saturated carbocycles. The van der Waals surface area contributed by atoms with Crippen LogP contribution in [0.5, 0.6) is 0 Å². The number of aliphatic carboxylic acids is 1. The highest BCUT2D eigenvalue weighted by Gasteiger charge is 2.01. The summed E-state index contributed by atoms with van der Waals surface area (Å²) >= 11 is 0. The standard InChI is InChI=1S/C14H18N2O3/c15-10-2-1-3-13(17)16-12-7-4-11(5-8-12)6-9-14(18)19/h4-9H,1-3,10,15H2,(H,16,17)(H,18,19)/b9-6+. The highest BCUT2D eigenvalue weighted by molar-refractivity contribution is 5.91. The maximum atomic E-state index is 11.5. The summed E-state index contributed by atoms with van der Waals surface area (Å²) in [5.41, 5.74) is 6.82. The summed E-state index contributed by atoms with van der Waals surface area (Å²) in [4.78, 5) is 21.9. The Morgan fingerprint density at radius 2 is 1.89 bits per heavy atom. The zero-order valence-electron chi connectivity index (χ0n) is 10.6. The Morgan fingerprint density at radius 3 is 2.47 bits per heavy atom. The van der Waals surface area contributed by atoms with Crippen molar-refractivity contribution in [2.75, 3.05) is 11.9 Å². The fourth-order valence-corrected chi connectivity index (χ4v) is 1.50. The number of carbonyl (C=O) groups is 2. The molecule has 102 valence electrons. The topological polar surface area (TPSA) is 92.4 Å². The van der Waals surface area contributed by atoms with Crippen molar-refractivity contribution < 1.29 is 14.7 Å². The zero-order chi connectivity index (χ0) is 14.1. The maximum Gasteiger partial charge on any atom is 0.328 e. The fraction of sp³-hybridized carbons (Fsp3) is 0.286. The lowest BCUT2D eigenvalue weighted by atomic mass is 10.2. The van der Waals surface area contributed by atoms with E-state index in [1.807, 2.05) is 0 Å². The summed E-state index contributed by atoms with van der Waals surface area (Å²) in [5, 5.41) is 11.3. The van der Waals surface area contributed by atoms with Crippen molar-refractivity contribution in [2.45, 2.75) is 19.3 Å². The molecular weight excluding hydrogens is 244 g/mol. The van der Waals surface area contributed by atoms with Crippen LogP contribution < -0.4 is 11.1 Å². The van der Waals surface area contributed by atoms with Crippen LogP contribution in [0.1, 0.15) is 24.8 Å². The Bertz CT molecular complexity index is 452.